The monoisotopic (exact) mass is 267 g/mol. The van der Waals surface area contributed by atoms with Gasteiger partial charge in [0.05, 0.1) is 11.0 Å². The zero-order valence-electron chi connectivity index (χ0n) is 8.01. The molecule has 1 aromatic heterocycles. The highest BCUT2D eigenvalue weighted by molar-refractivity contribution is 9.10. The molecule has 2 rings (SSSR count). The fraction of sp³-hybridized carbons (Fsp3) is 0.200. The number of nitrogens with zero attached hydrogens (tertiary/aromatic N) is 3. The van der Waals surface area contributed by atoms with Gasteiger partial charge in [-0.25, -0.2) is 9.67 Å². The van der Waals surface area contributed by atoms with Gasteiger partial charge in [0.1, 0.15) is 25.0 Å². The average Bonchev–Trinajstić information content (AvgIpc) is 2.74. The first-order valence-electron chi connectivity index (χ1n) is 4.56. The number of aromatic nitrogens is 3. The van der Waals surface area contributed by atoms with Crippen LogP contribution in [0.2, 0.25) is 0 Å². The molecule has 0 aliphatic carbocycles. The van der Waals surface area contributed by atoms with Crippen LogP contribution in [0, 0.1) is 0 Å². The van der Waals surface area contributed by atoms with Crippen molar-refractivity contribution in [1.82, 2.24) is 14.8 Å². The third kappa shape index (κ3) is 2.79. The maximum atomic E-state index is 5.57. The summed E-state index contributed by atoms with van der Waals surface area (Å²) in [5.74, 6) is 0.845. The van der Waals surface area contributed by atoms with Crippen LogP contribution in [0.5, 0.6) is 5.75 Å². The molecule has 0 saturated carbocycles. The van der Waals surface area contributed by atoms with Crippen LogP contribution in [0.1, 0.15) is 0 Å². The normalized spacial score (nSPS) is 10.2. The van der Waals surface area contributed by atoms with Crippen molar-refractivity contribution >= 4 is 15.9 Å². The van der Waals surface area contributed by atoms with Crippen LogP contribution >= 0.6 is 15.9 Å². The molecule has 0 aliphatic heterocycles. The molecule has 15 heavy (non-hydrogen) atoms. The van der Waals surface area contributed by atoms with Crippen LogP contribution in [0.15, 0.2) is 41.4 Å². The van der Waals surface area contributed by atoms with E-state index in [9.17, 15) is 0 Å². The average molecular weight is 268 g/mol. The molecule has 2 aromatic rings. The van der Waals surface area contributed by atoms with Gasteiger partial charge in [-0.3, -0.25) is 0 Å². The van der Waals surface area contributed by atoms with E-state index in [2.05, 4.69) is 26.0 Å². The molecule has 0 aliphatic rings. The summed E-state index contributed by atoms with van der Waals surface area (Å²) in [7, 11) is 0. The summed E-state index contributed by atoms with van der Waals surface area (Å²) in [4.78, 5) is 3.85. The van der Waals surface area contributed by atoms with Gasteiger partial charge >= 0.3 is 0 Å². The van der Waals surface area contributed by atoms with E-state index in [0.29, 0.717) is 13.2 Å². The van der Waals surface area contributed by atoms with Crippen molar-refractivity contribution in [3.05, 3.63) is 41.4 Å². The van der Waals surface area contributed by atoms with Gasteiger partial charge in [0.15, 0.2) is 0 Å². The third-order valence-electron chi connectivity index (χ3n) is 1.88. The molecule has 1 aromatic carbocycles. The van der Waals surface area contributed by atoms with Gasteiger partial charge in [-0.05, 0) is 28.1 Å². The Morgan fingerprint density at radius 3 is 2.93 bits per heavy atom. The van der Waals surface area contributed by atoms with Crippen molar-refractivity contribution in [3.63, 3.8) is 0 Å². The second-order valence-electron chi connectivity index (χ2n) is 2.94. The van der Waals surface area contributed by atoms with E-state index in [0.717, 1.165) is 10.2 Å². The number of ether oxygens (including phenoxy) is 1. The molecule has 0 saturated heterocycles. The fourth-order valence-electron chi connectivity index (χ4n) is 1.16. The molecule has 0 N–H and O–H groups in total. The lowest BCUT2D eigenvalue weighted by Gasteiger charge is -2.07. The van der Waals surface area contributed by atoms with Gasteiger partial charge in [0, 0.05) is 0 Å². The Labute approximate surface area is 96.0 Å². The molecule has 0 amide bonds. The second kappa shape index (κ2) is 4.93. The lowest BCUT2D eigenvalue weighted by atomic mass is 10.3. The Hall–Kier alpha value is -1.36. The molecule has 0 radical (unpaired) electrons. The Balaban J connectivity index is 1.86. The number of benzene rings is 1. The van der Waals surface area contributed by atoms with Crippen molar-refractivity contribution < 1.29 is 4.74 Å². The van der Waals surface area contributed by atoms with Gasteiger partial charge in [0.25, 0.3) is 0 Å². The Morgan fingerprint density at radius 2 is 2.20 bits per heavy atom. The van der Waals surface area contributed by atoms with Gasteiger partial charge in [-0.15, -0.1) is 0 Å². The highest BCUT2D eigenvalue weighted by Crippen LogP contribution is 2.23. The molecule has 4 nitrogen and oxygen atoms in total. The maximum absolute atomic E-state index is 5.57. The van der Waals surface area contributed by atoms with Crippen molar-refractivity contribution in [2.45, 2.75) is 6.54 Å². The molecule has 0 spiro atoms. The van der Waals surface area contributed by atoms with E-state index in [1.165, 1.54) is 6.33 Å². The zero-order chi connectivity index (χ0) is 10.5. The predicted octanol–water partition coefficient (Wildman–Crippen LogP) is 2.12. The Bertz CT molecular complexity index is 416. The van der Waals surface area contributed by atoms with Crippen molar-refractivity contribution in [2.24, 2.45) is 0 Å². The largest absolute Gasteiger partial charge is 0.490 e. The summed E-state index contributed by atoms with van der Waals surface area (Å²) in [6, 6.07) is 7.76. The van der Waals surface area contributed by atoms with E-state index in [1.807, 2.05) is 24.3 Å². The van der Waals surface area contributed by atoms with Crippen molar-refractivity contribution in [2.75, 3.05) is 6.61 Å². The minimum Gasteiger partial charge on any atom is -0.490 e. The van der Waals surface area contributed by atoms with Crippen molar-refractivity contribution in [3.8, 4) is 5.75 Å². The summed E-state index contributed by atoms with van der Waals surface area (Å²) in [5, 5.41) is 3.98. The fourth-order valence-corrected chi connectivity index (χ4v) is 1.56. The van der Waals surface area contributed by atoms with Crippen LogP contribution in [0.25, 0.3) is 0 Å². The van der Waals surface area contributed by atoms with E-state index >= 15 is 0 Å². The first-order valence-corrected chi connectivity index (χ1v) is 5.35. The number of hydrogen-bond donors (Lipinski definition) is 0. The van der Waals surface area contributed by atoms with Crippen molar-refractivity contribution in [1.29, 1.82) is 0 Å². The molecule has 0 atom stereocenters. The van der Waals surface area contributed by atoms with Gasteiger partial charge < -0.3 is 4.74 Å². The lowest BCUT2D eigenvalue weighted by Crippen LogP contribution is -2.08. The lowest BCUT2D eigenvalue weighted by molar-refractivity contribution is 0.289. The number of halogens is 1. The molecule has 0 unspecified atom stereocenters. The number of rotatable bonds is 4. The summed E-state index contributed by atoms with van der Waals surface area (Å²) in [6.45, 7) is 1.27. The SMILES string of the molecule is Brc1ccccc1OCCn1cncn1. The number of hydrogen-bond acceptors (Lipinski definition) is 3. The van der Waals surface area contributed by atoms with E-state index in [4.69, 9.17) is 4.74 Å². The Kier molecular flexibility index (Phi) is 3.34. The molecule has 5 heteroatoms. The van der Waals surface area contributed by atoms with Crippen LogP contribution in [0.4, 0.5) is 0 Å². The van der Waals surface area contributed by atoms with Gasteiger partial charge in [-0.2, -0.15) is 5.10 Å². The first kappa shape index (κ1) is 10.2. The smallest absolute Gasteiger partial charge is 0.137 e. The predicted molar refractivity (Wildman–Crippen MR) is 59.7 cm³/mol. The Morgan fingerprint density at radius 1 is 1.33 bits per heavy atom. The van der Waals surface area contributed by atoms with E-state index < -0.39 is 0 Å². The standard InChI is InChI=1S/C10H10BrN3O/c11-9-3-1-2-4-10(9)15-6-5-14-8-12-7-13-14/h1-4,7-8H,5-6H2. The molecule has 78 valence electrons. The molecule has 0 fully saturated rings. The van der Waals surface area contributed by atoms with E-state index in [-0.39, 0.29) is 0 Å². The second-order valence-corrected chi connectivity index (χ2v) is 3.79. The summed E-state index contributed by atoms with van der Waals surface area (Å²) < 4.78 is 8.27. The minimum absolute atomic E-state index is 0.575. The zero-order valence-corrected chi connectivity index (χ0v) is 9.59. The van der Waals surface area contributed by atoms with Crippen LogP contribution in [-0.2, 0) is 6.54 Å². The topological polar surface area (TPSA) is 39.9 Å². The van der Waals surface area contributed by atoms with E-state index in [1.54, 1.807) is 11.0 Å². The third-order valence-corrected chi connectivity index (χ3v) is 2.54. The highest BCUT2D eigenvalue weighted by Gasteiger charge is 1.98. The van der Waals surface area contributed by atoms with Gasteiger partial charge in [0.2, 0.25) is 0 Å². The molecular formula is C10H10BrN3O. The van der Waals surface area contributed by atoms with Crippen LogP contribution in [0.3, 0.4) is 0 Å². The number of para-hydroxylation sites is 1. The minimum atomic E-state index is 0.575. The highest BCUT2D eigenvalue weighted by atomic mass is 79.9. The summed E-state index contributed by atoms with van der Waals surface area (Å²) in [6.07, 6.45) is 3.18. The molecular weight excluding hydrogens is 258 g/mol. The molecule has 0 bridgehead atoms. The first-order chi connectivity index (χ1) is 7.36. The molecule has 1 heterocycles. The van der Waals surface area contributed by atoms with Gasteiger partial charge in [-0.1, -0.05) is 12.1 Å². The maximum Gasteiger partial charge on any atom is 0.137 e. The van der Waals surface area contributed by atoms with Crippen LogP contribution < -0.4 is 4.74 Å². The summed E-state index contributed by atoms with van der Waals surface area (Å²) >= 11 is 3.42. The summed E-state index contributed by atoms with van der Waals surface area (Å²) in [5.41, 5.74) is 0. The van der Waals surface area contributed by atoms with Crippen LogP contribution in [-0.4, -0.2) is 21.4 Å². The quantitative estimate of drug-likeness (QED) is 0.852.